The molecule has 1 aliphatic rings. The summed E-state index contributed by atoms with van der Waals surface area (Å²) in [6, 6.07) is 0.292. The fourth-order valence-corrected chi connectivity index (χ4v) is 3.88. The third kappa shape index (κ3) is 2.49. The Morgan fingerprint density at radius 2 is 2.20 bits per heavy atom. The Morgan fingerprint density at radius 1 is 1.20 bits per heavy atom. The minimum Gasteiger partial charge on any atom is -0.343 e. The van der Waals surface area contributed by atoms with Crippen molar-refractivity contribution in [1.82, 2.24) is 44.8 Å². The maximum atomic E-state index is 5.38. The topological polar surface area (TPSA) is 152 Å². The summed E-state index contributed by atoms with van der Waals surface area (Å²) in [5.41, 5.74) is 0. The van der Waals surface area contributed by atoms with Gasteiger partial charge in [0, 0.05) is 11.5 Å². The maximum Gasteiger partial charge on any atom is 0.327 e. The number of H-pyrrole nitrogens is 1. The van der Waals surface area contributed by atoms with Gasteiger partial charge in [-0.3, -0.25) is 14.3 Å². The van der Waals surface area contributed by atoms with Crippen LogP contribution in [0.15, 0.2) is 28.1 Å². The molecule has 4 aromatic heterocycles. The lowest BCUT2D eigenvalue weighted by atomic mass is 10.5. The highest BCUT2D eigenvalue weighted by atomic mass is 32.2. The van der Waals surface area contributed by atoms with Gasteiger partial charge in [0.1, 0.15) is 19.3 Å². The van der Waals surface area contributed by atoms with Gasteiger partial charge in [-0.2, -0.15) is 19.4 Å². The fourth-order valence-electron chi connectivity index (χ4n) is 2.18. The van der Waals surface area contributed by atoms with Crippen LogP contribution in [0.25, 0.3) is 11.6 Å². The van der Waals surface area contributed by atoms with Crippen LogP contribution in [0.3, 0.4) is 0 Å². The van der Waals surface area contributed by atoms with E-state index in [0.29, 0.717) is 30.2 Å². The molecule has 1 saturated heterocycles. The Labute approximate surface area is 146 Å². The number of anilines is 2. The summed E-state index contributed by atoms with van der Waals surface area (Å²) in [5.74, 6) is 1.20. The van der Waals surface area contributed by atoms with Gasteiger partial charge in [0.25, 0.3) is 0 Å². The third-order valence-corrected chi connectivity index (χ3v) is 5.25. The number of hydrogen-bond acceptors (Lipinski definition) is 14. The Bertz CT molecular complexity index is 938. The van der Waals surface area contributed by atoms with E-state index in [-0.39, 0.29) is 5.37 Å². The van der Waals surface area contributed by atoms with Crippen LogP contribution >= 0.6 is 23.5 Å². The molecule has 126 valence electrons. The quantitative estimate of drug-likeness (QED) is 0.497. The van der Waals surface area contributed by atoms with Crippen molar-refractivity contribution in [2.45, 2.75) is 5.37 Å². The zero-order valence-electron chi connectivity index (χ0n) is 12.1. The molecule has 1 N–H and O–H groups in total. The van der Waals surface area contributed by atoms with Crippen molar-refractivity contribution in [2.75, 3.05) is 15.9 Å². The predicted molar refractivity (Wildman–Crippen MR) is 84.0 cm³/mol. The standard InChI is InChI=1S/C10H7N11O2S2/c1-11-5(17-14-1)6-16-9(23-19-6)20-4-21(10-12-2-15-24-10)25-8(20)7-13-3-22-18-7/h1-3,8H,4H2,(H,11,14,17). The molecule has 0 aromatic carbocycles. The van der Waals surface area contributed by atoms with E-state index in [0.717, 1.165) is 5.13 Å². The van der Waals surface area contributed by atoms with E-state index in [1.165, 1.54) is 42.5 Å². The SMILES string of the molecule is c1n[nH]c(-c2noc(N3CN(c4ncns4)SC3c3ncon3)n2)n1. The molecule has 0 saturated carbocycles. The molecule has 4 aromatic rings. The lowest BCUT2D eigenvalue weighted by molar-refractivity contribution is 0.400. The lowest BCUT2D eigenvalue weighted by Gasteiger charge is -2.15. The molecule has 1 fully saturated rings. The zero-order chi connectivity index (χ0) is 16.6. The van der Waals surface area contributed by atoms with E-state index < -0.39 is 0 Å². The molecule has 0 spiro atoms. The van der Waals surface area contributed by atoms with E-state index in [4.69, 9.17) is 9.05 Å². The van der Waals surface area contributed by atoms with Crippen LogP contribution in [0.2, 0.25) is 0 Å². The van der Waals surface area contributed by atoms with E-state index in [1.807, 2.05) is 9.21 Å². The van der Waals surface area contributed by atoms with Crippen LogP contribution in [-0.4, -0.2) is 51.5 Å². The summed E-state index contributed by atoms with van der Waals surface area (Å²) in [4.78, 5) is 18.6. The van der Waals surface area contributed by atoms with Gasteiger partial charge < -0.3 is 9.05 Å². The highest BCUT2D eigenvalue weighted by molar-refractivity contribution is 8.01. The van der Waals surface area contributed by atoms with Crippen molar-refractivity contribution in [1.29, 1.82) is 0 Å². The Kier molecular flexibility index (Phi) is 3.30. The summed E-state index contributed by atoms with van der Waals surface area (Å²) in [7, 11) is 0. The van der Waals surface area contributed by atoms with Gasteiger partial charge in [-0.15, -0.1) is 0 Å². The molecule has 25 heavy (non-hydrogen) atoms. The smallest absolute Gasteiger partial charge is 0.327 e. The third-order valence-electron chi connectivity index (χ3n) is 3.24. The molecule has 1 unspecified atom stereocenters. The van der Waals surface area contributed by atoms with E-state index in [1.54, 1.807) is 0 Å². The van der Waals surface area contributed by atoms with Gasteiger partial charge in [0.15, 0.2) is 11.2 Å². The number of nitrogens with zero attached hydrogens (tertiary/aromatic N) is 10. The van der Waals surface area contributed by atoms with E-state index in [9.17, 15) is 0 Å². The Balaban J connectivity index is 1.49. The average molecular weight is 377 g/mol. The Hall–Kier alpha value is -3.07. The van der Waals surface area contributed by atoms with Gasteiger partial charge in [-0.05, 0) is 11.9 Å². The number of aromatic amines is 1. The number of aromatic nitrogens is 9. The summed E-state index contributed by atoms with van der Waals surface area (Å²) < 4.78 is 16.2. The second-order valence-electron chi connectivity index (χ2n) is 4.70. The van der Waals surface area contributed by atoms with Crippen molar-refractivity contribution >= 4 is 34.6 Å². The van der Waals surface area contributed by atoms with Crippen LogP contribution in [-0.2, 0) is 0 Å². The molecule has 0 radical (unpaired) electrons. The monoisotopic (exact) mass is 377 g/mol. The van der Waals surface area contributed by atoms with Crippen molar-refractivity contribution in [3.8, 4) is 11.6 Å². The van der Waals surface area contributed by atoms with Crippen LogP contribution in [0, 0.1) is 0 Å². The van der Waals surface area contributed by atoms with Crippen LogP contribution in [0.5, 0.6) is 0 Å². The highest BCUT2D eigenvalue weighted by Crippen LogP contribution is 2.44. The van der Waals surface area contributed by atoms with Crippen molar-refractivity contribution in [2.24, 2.45) is 0 Å². The minimum atomic E-state index is -0.314. The molecule has 1 aliphatic heterocycles. The number of nitrogens with one attached hydrogen (secondary N) is 1. The molecule has 5 rings (SSSR count). The summed E-state index contributed by atoms with van der Waals surface area (Å²) >= 11 is 2.74. The average Bonchev–Trinajstić information content (AvgIpc) is 3.48. The molecular weight excluding hydrogens is 370 g/mol. The van der Waals surface area contributed by atoms with Crippen LogP contribution in [0.1, 0.15) is 11.2 Å². The normalized spacial score (nSPS) is 17.5. The van der Waals surface area contributed by atoms with Crippen molar-refractivity contribution in [3.05, 3.63) is 24.9 Å². The molecular formula is C10H7N11O2S2. The number of rotatable bonds is 4. The summed E-state index contributed by atoms with van der Waals surface area (Å²) in [5, 5.41) is 14.7. The van der Waals surface area contributed by atoms with E-state index in [2.05, 4.69) is 44.8 Å². The van der Waals surface area contributed by atoms with Gasteiger partial charge in [0.05, 0.1) is 0 Å². The minimum absolute atomic E-state index is 0.292. The second kappa shape index (κ2) is 5.78. The van der Waals surface area contributed by atoms with Gasteiger partial charge in [-0.25, -0.2) is 9.97 Å². The predicted octanol–water partition coefficient (Wildman–Crippen LogP) is 0.720. The molecule has 13 nitrogen and oxygen atoms in total. The summed E-state index contributed by atoms with van der Waals surface area (Å²) in [6.07, 6.45) is 4.15. The first-order valence-corrected chi connectivity index (χ1v) is 8.43. The van der Waals surface area contributed by atoms with Gasteiger partial charge >= 0.3 is 6.01 Å². The van der Waals surface area contributed by atoms with Gasteiger partial charge in [-0.1, -0.05) is 10.3 Å². The van der Waals surface area contributed by atoms with Crippen molar-refractivity contribution in [3.63, 3.8) is 0 Å². The lowest BCUT2D eigenvalue weighted by Crippen LogP contribution is -2.26. The molecule has 0 bridgehead atoms. The molecule has 15 heteroatoms. The molecule has 0 aliphatic carbocycles. The van der Waals surface area contributed by atoms with Gasteiger partial charge in [0.2, 0.25) is 23.2 Å². The summed E-state index contributed by atoms with van der Waals surface area (Å²) in [6.45, 7) is 0.428. The van der Waals surface area contributed by atoms with Crippen LogP contribution < -0.4 is 9.21 Å². The molecule has 1 atom stereocenters. The van der Waals surface area contributed by atoms with Crippen molar-refractivity contribution < 1.29 is 9.05 Å². The second-order valence-corrected chi connectivity index (χ2v) is 6.55. The first-order chi connectivity index (χ1) is 12.4. The van der Waals surface area contributed by atoms with Crippen LogP contribution in [0.4, 0.5) is 11.1 Å². The molecule has 0 amide bonds. The first kappa shape index (κ1) is 14.3. The van der Waals surface area contributed by atoms with E-state index >= 15 is 0 Å². The Morgan fingerprint density at radius 3 is 2.96 bits per heavy atom. The highest BCUT2D eigenvalue weighted by Gasteiger charge is 2.40. The largest absolute Gasteiger partial charge is 0.343 e. The molecule has 5 heterocycles. The number of hydrogen-bond donors (Lipinski definition) is 1. The first-order valence-electron chi connectivity index (χ1n) is 6.82. The fraction of sp³-hybridized carbons (Fsp3) is 0.200. The zero-order valence-corrected chi connectivity index (χ0v) is 13.8. The maximum absolute atomic E-state index is 5.38.